The lowest BCUT2D eigenvalue weighted by atomic mass is 9.94. The fourth-order valence-corrected chi connectivity index (χ4v) is 11.7. The summed E-state index contributed by atoms with van der Waals surface area (Å²) in [6, 6.07) is 24.8. The van der Waals surface area contributed by atoms with Gasteiger partial charge in [-0.3, -0.25) is 28.8 Å². The second-order valence-electron chi connectivity index (χ2n) is 20.8. The number of piperazine rings is 2. The normalized spacial score (nSPS) is 18.6. The van der Waals surface area contributed by atoms with E-state index in [1.807, 2.05) is 61.2 Å². The number of phenols is 2. The molecule has 0 bridgehead atoms. The molecule has 4 aliphatic rings. The molecule has 3 saturated heterocycles. The molecule has 6 aromatic rings. The van der Waals surface area contributed by atoms with Gasteiger partial charge in [0.2, 0.25) is 17.6 Å². The molecule has 0 saturated carbocycles. The lowest BCUT2D eigenvalue weighted by Crippen LogP contribution is -2.57. The van der Waals surface area contributed by atoms with Crippen LogP contribution in [0.4, 0.5) is 11.5 Å². The minimum Gasteiger partial charge on any atom is -0.508 e. The van der Waals surface area contributed by atoms with E-state index in [-0.39, 0.29) is 77.9 Å². The van der Waals surface area contributed by atoms with Gasteiger partial charge in [-0.05, 0) is 98.2 Å². The van der Waals surface area contributed by atoms with Crippen molar-refractivity contribution in [3.8, 4) is 40.7 Å². The molecule has 3 fully saturated rings. The number of benzene rings is 4. The largest absolute Gasteiger partial charge is 0.508 e. The second-order valence-corrected chi connectivity index (χ2v) is 21.2. The molecule has 2 unspecified atom stereocenters. The van der Waals surface area contributed by atoms with Crippen molar-refractivity contribution in [1.82, 2.24) is 44.3 Å². The Balaban J connectivity index is 0.798. The van der Waals surface area contributed by atoms with Gasteiger partial charge in [0.1, 0.15) is 23.9 Å². The first-order chi connectivity index (χ1) is 37.2. The molecule has 400 valence electrons. The molecule has 3 amide bonds. The number of likely N-dealkylation sites (tertiary alicyclic amines) is 1. The van der Waals surface area contributed by atoms with Crippen LogP contribution in [-0.2, 0) is 29.1 Å². The molecule has 2 atom stereocenters. The first kappa shape index (κ1) is 52.6. The Morgan fingerprint density at radius 3 is 2.40 bits per heavy atom. The van der Waals surface area contributed by atoms with Crippen LogP contribution in [0.2, 0.25) is 5.02 Å². The summed E-state index contributed by atoms with van der Waals surface area (Å²) in [6.07, 6.45) is 3.59. The standard InChI is InChI=1S/C57H64ClN13O6/c1-5-50(74)70-27-26-68(31-40(70)16-20-59)53-42-19-23-67(47-11-7-9-37-8-6-10-45(58)51(37)47)33-46(42)61-57(62-53)77-34-41-32-69(25-24-65(41)4)56(76)38-17-21-66(22-18-38)30-36-12-14-39(15-13-36)71-54(63-64-55(71)52(60)75)44-28-43(35(2)3)48(72)29-49(44)73/h5-15,28-29,35,38,40-41,72-73H,1,16-19,21-27,30-34H2,2-4H3,(H2,60,75). The van der Waals surface area contributed by atoms with E-state index in [9.17, 15) is 29.9 Å². The van der Waals surface area contributed by atoms with E-state index >= 15 is 0 Å². The number of carbonyl (C=O) groups excluding carboxylic acids is 3. The highest BCUT2D eigenvalue weighted by Crippen LogP contribution is 2.40. The van der Waals surface area contributed by atoms with Crippen LogP contribution in [0, 0.1) is 17.2 Å². The minimum atomic E-state index is -0.779. The van der Waals surface area contributed by atoms with Crippen LogP contribution < -0.4 is 20.3 Å². The van der Waals surface area contributed by atoms with Crippen molar-refractivity contribution < 1.29 is 29.3 Å². The third-order valence-corrected chi connectivity index (χ3v) is 16.0. The van der Waals surface area contributed by atoms with Gasteiger partial charge in [0, 0.05) is 86.7 Å². The van der Waals surface area contributed by atoms with Gasteiger partial charge in [-0.1, -0.05) is 68.4 Å². The van der Waals surface area contributed by atoms with Crippen molar-refractivity contribution in [2.75, 3.05) is 82.4 Å². The molecular formula is C57H64ClN13O6. The summed E-state index contributed by atoms with van der Waals surface area (Å²) in [6.45, 7) is 14.3. The molecule has 4 aliphatic heterocycles. The number of nitrogens with two attached hydrogens (primary N) is 1. The maximum absolute atomic E-state index is 14.3. The highest BCUT2D eigenvalue weighted by Gasteiger charge is 2.36. The van der Waals surface area contributed by atoms with Gasteiger partial charge in [0.05, 0.1) is 47.4 Å². The van der Waals surface area contributed by atoms with Gasteiger partial charge in [-0.15, -0.1) is 10.2 Å². The number of carbonyl (C=O) groups is 3. The summed E-state index contributed by atoms with van der Waals surface area (Å²) >= 11 is 6.82. The van der Waals surface area contributed by atoms with Crippen molar-refractivity contribution in [1.29, 1.82) is 5.26 Å². The molecular weight excluding hydrogens is 998 g/mol. The highest BCUT2D eigenvalue weighted by atomic mass is 35.5. The monoisotopic (exact) mass is 1060 g/mol. The Kier molecular flexibility index (Phi) is 15.3. The van der Waals surface area contributed by atoms with E-state index < -0.39 is 5.91 Å². The fraction of sp³-hybridized carbons (Fsp3) is 0.404. The van der Waals surface area contributed by atoms with Crippen molar-refractivity contribution in [2.24, 2.45) is 11.7 Å². The van der Waals surface area contributed by atoms with Crippen LogP contribution in [-0.4, -0.2) is 157 Å². The fourth-order valence-electron chi connectivity index (χ4n) is 11.4. The molecule has 0 aliphatic carbocycles. The number of nitrogens with zero attached hydrogens (tertiary/aromatic N) is 12. The zero-order valence-corrected chi connectivity index (χ0v) is 44.4. The predicted molar refractivity (Wildman–Crippen MR) is 293 cm³/mol. The van der Waals surface area contributed by atoms with E-state index in [0.29, 0.717) is 87.2 Å². The SMILES string of the molecule is C=CC(=O)N1CCN(c2nc(OCC3CN(C(=O)C4CCN(Cc5ccc(-n6c(C(N)=O)nnc6-c6cc(C(C)C)c(O)cc6O)cc5)CC4)CCN3C)nc3c2CCN(c2cccc4cccc(Cl)c24)C3)CC1CC#N. The van der Waals surface area contributed by atoms with Crippen molar-refractivity contribution >= 4 is 51.6 Å². The topological polar surface area (TPSA) is 227 Å². The molecule has 20 heteroatoms. The Morgan fingerprint density at radius 1 is 0.909 bits per heavy atom. The van der Waals surface area contributed by atoms with Gasteiger partial charge in [-0.25, -0.2) is 0 Å². The van der Waals surface area contributed by atoms with Crippen LogP contribution in [0.5, 0.6) is 17.5 Å². The summed E-state index contributed by atoms with van der Waals surface area (Å²) < 4.78 is 8.09. The molecule has 77 heavy (non-hydrogen) atoms. The first-order valence-corrected chi connectivity index (χ1v) is 26.7. The number of fused-ring (bicyclic) bond motifs is 2. The predicted octanol–water partition coefficient (Wildman–Crippen LogP) is 6.28. The number of amides is 3. The molecule has 4 N–H and O–H groups in total. The highest BCUT2D eigenvalue weighted by molar-refractivity contribution is 6.36. The molecule has 0 spiro atoms. The van der Waals surface area contributed by atoms with Crippen LogP contribution in [0.3, 0.4) is 0 Å². The molecule has 0 radical (unpaired) electrons. The zero-order chi connectivity index (χ0) is 54.1. The molecule has 4 aromatic carbocycles. The quantitative estimate of drug-likeness (QED) is 0.102. The average Bonchev–Trinajstić information content (AvgIpc) is 3.89. The summed E-state index contributed by atoms with van der Waals surface area (Å²) in [4.78, 5) is 62.5. The third-order valence-electron chi connectivity index (χ3n) is 15.7. The number of hydrogen-bond donors (Lipinski definition) is 3. The number of aromatic hydroxyl groups is 2. The van der Waals surface area contributed by atoms with Gasteiger partial charge < -0.3 is 40.3 Å². The molecule has 19 nitrogen and oxygen atoms in total. The Labute approximate surface area is 452 Å². The van der Waals surface area contributed by atoms with Crippen LogP contribution in [0.25, 0.3) is 27.8 Å². The maximum atomic E-state index is 14.3. The van der Waals surface area contributed by atoms with Gasteiger partial charge >= 0.3 is 6.01 Å². The number of aromatic nitrogens is 5. The molecule has 6 heterocycles. The molecule has 2 aromatic heterocycles. The van der Waals surface area contributed by atoms with E-state index in [4.69, 9.17) is 32.0 Å². The average molecular weight is 1060 g/mol. The third kappa shape index (κ3) is 10.8. The summed E-state index contributed by atoms with van der Waals surface area (Å²) in [5.74, 6) is -0.354. The summed E-state index contributed by atoms with van der Waals surface area (Å²) in [7, 11) is 2.05. The number of likely N-dealkylation sites (N-methyl/N-ethyl adjacent to an activating group) is 1. The van der Waals surface area contributed by atoms with Gasteiger partial charge in [-0.2, -0.15) is 15.2 Å². The maximum Gasteiger partial charge on any atom is 0.318 e. The number of phenolic OH excluding ortho intramolecular Hbond substituents is 2. The van der Waals surface area contributed by atoms with Crippen LogP contribution in [0.1, 0.15) is 72.0 Å². The Bertz CT molecular complexity index is 3260. The number of anilines is 2. The van der Waals surface area contributed by atoms with E-state index in [1.165, 1.54) is 16.7 Å². The zero-order valence-electron chi connectivity index (χ0n) is 43.7. The van der Waals surface area contributed by atoms with Crippen molar-refractivity contribution in [3.63, 3.8) is 0 Å². The number of halogens is 1. The number of primary amides is 1. The Morgan fingerprint density at radius 2 is 1.68 bits per heavy atom. The minimum absolute atomic E-state index is 0.0405. The van der Waals surface area contributed by atoms with Crippen molar-refractivity contribution in [3.05, 3.63) is 119 Å². The Hall–Kier alpha value is -7.79. The summed E-state index contributed by atoms with van der Waals surface area (Å²) in [5, 5.41) is 42.1. The van der Waals surface area contributed by atoms with Gasteiger partial charge in [0.25, 0.3) is 5.91 Å². The number of nitriles is 1. The van der Waals surface area contributed by atoms with E-state index in [2.05, 4.69) is 67.7 Å². The number of hydrogen-bond acceptors (Lipinski definition) is 15. The second kappa shape index (κ2) is 22.4. The van der Waals surface area contributed by atoms with Crippen molar-refractivity contribution in [2.45, 2.75) is 70.6 Å². The summed E-state index contributed by atoms with van der Waals surface area (Å²) in [5.41, 5.74) is 11.1. The lowest BCUT2D eigenvalue weighted by molar-refractivity contribution is -0.140. The van der Waals surface area contributed by atoms with Crippen LogP contribution >= 0.6 is 11.6 Å². The van der Waals surface area contributed by atoms with E-state index in [0.717, 1.165) is 65.0 Å². The smallest absolute Gasteiger partial charge is 0.318 e. The van der Waals surface area contributed by atoms with Crippen LogP contribution in [0.15, 0.2) is 85.5 Å². The first-order valence-electron chi connectivity index (χ1n) is 26.3. The lowest BCUT2D eigenvalue weighted by Gasteiger charge is -2.42. The van der Waals surface area contributed by atoms with Gasteiger partial charge in [0.15, 0.2) is 5.82 Å². The van der Waals surface area contributed by atoms with E-state index in [1.54, 1.807) is 11.0 Å². The number of piperidine rings is 1. The number of rotatable bonds is 14. The number of ether oxygens (including phenoxy) is 1. The molecule has 10 rings (SSSR count).